The minimum Gasteiger partial charge on any atom is -0.459 e. The third kappa shape index (κ3) is 4.08. The van der Waals surface area contributed by atoms with E-state index in [1.54, 1.807) is 24.2 Å². The van der Waals surface area contributed by atoms with Crippen LogP contribution in [0.1, 0.15) is 53.6 Å². The van der Waals surface area contributed by atoms with E-state index in [-0.39, 0.29) is 12.1 Å². The summed E-state index contributed by atoms with van der Waals surface area (Å²) < 4.78 is 5.31. The fraction of sp³-hybridized carbons (Fsp3) is 0.409. The molecule has 2 heterocycles. The molecule has 28 heavy (non-hydrogen) atoms. The fourth-order valence-corrected chi connectivity index (χ4v) is 5.96. The van der Waals surface area contributed by atoms with Crippen LogP contribution >= 0.6 is 23.1 Å². The molecule has 1 aromatic carbocycles. The van der Waals surface area contributed by atoms with E-state index >= 15 is 0 Å². The number of hydrogen-bond acceptors (Lipinski definition) is 6. The van der Waals surface area contributed by atoms with Crippen LogP contribution in [0.5, 0.6) is 0 Å². The van der Waals surface area contributed by atoms with Crippen LogP contribution in [0.4, 0.5) is 0 Å². The van der Waals surface area contributed by atoms with Gasteiger partial charge in [0, 0.05) is 16.0 Å². The summed E-state index contributed by atoms with van der Waals surface area (Å²) in [6, 6.07) is 7.68. The third-order valence-corrected chi connectivity index (χ3v) is 7.16. The lowest BCUT2D eigenvalue weighted by molar-refractivity contribution is 0.0378. The van der Waals surface area contributed by atoms with Gasteiger partial charge in [0.25, 0.3) is 0 Å². The molecule has 0 radical (unpaired) electrons. The number of aryl methyl sites for hydroxylation is 1. The molecule has 0 bridgehead atoms. The van der Waals surface area contributed by atoms with Gasteiger partial charge in [0.15, 0.2) is 0 Å². The van der Waals surface area contributed by atoms with E-state index in [9.17, 15) is 4.79 Å². The van der Waals surface area contributed by atoms with Crippen LogP contribution in [-0.2, 0) is 23.3 Å². The molecule has 4 rings (SSSR count). The summed E-state index contributed by atoms with van der Waals surface area (Å²) in [5.74, 6) is 1.24. The smallest absolute Gasteiger partial charge is 0.338 e. The monoisotopic (exact) mass is 412 g/mol. The van der Waals surface area contributed by atoms with E-state index in [2.05, 4.69) is 16.9 Å². The molecule has 6 heteroatoms. The van der Waals surface area contributed by atoms with Crippen LogP contribution in [-0.4, -0.2) is 22.0 Å². The second-order valence-electron chi connectivity index (χ2n) is 7.65. The van der Waals surface area contributed by atoms with Crippen molar-refractivity contribution in [2.45, 2.75) is 56.9 Å². The van der Waals surface area contributed by atoms with Crippen molar-refractivity contribution in [1.29, 1.82) is 0 Å². The fourth-order valence-electron chi connectivity index (χ4n) is 3.58. The minimum absolute atomic E-state index is 0.118. The number of fused-ring (bicyclic) bond motifs is 3. The predicted octanol–water partition coefficient (Wildman–Crippen LogP) is 5.67. The zero-order valence-electron chi connectivity index (χ0n) is 16.4. The average molecular weight is 413 g/mol. The highest BCUT2D eigenvalue weighted by Gasteiger charge is 2.23. The maximum absolute atomic E-state index is 12.2. The summed E-state index contributed by atoms with van der Waals surface area (Å²) in [6.45, 7) is 6.05. The summed E-state index contributed by atoms with van der Waals surface area (Å²) in [5.41, 5.74) is 3.14. The summed E-state index contributed by atoms with van der Waals surface area (Å²) in [7, 11) is 0. The van der Waals surface area contributed by atoms with E-state index in [0.717, 1.165) is 39.9 Å². The second-order valence-corrected chi connectivity index (χ2v) is 9.70. The Balaban J connectivity index is 1.56. The highest BCUT2D eigenvalue weighted by Crippen LogP contribution is 2.41. The number of thioether (sulfide) groups is 1. The SMILES string of the molecule is CC1CCc2c(sc3ncnc(SCc4cccc(C(=O)OC(C)C)c4)c23)C1. The molecule has 0 fully saturated rings. The molecule has 0 aliphatic heterocycles. The first-order valence-electron chi connectivity index (χ1n) is 9.69. The topological polar surface area (TPSA) is 52.1 Å². The molecule has 3 aromatic rings. The summed E-state index contributed by atoms with van der Waals surface area (Å²) in [6.07, 6.45) is 5.06. The molecule has 4 nitrogen and oxygen atoms in total. The molecule has 2 aromatic heterocycles. The Kier molecular flexibility index (Phi) is 5.69. The first-order valence-corrected chi connectivity index (χ1v) is 11.5. The van der Waals surface area contributed by atoms with Gasteiger partial charge in [-0.3, -0.25) is 0 Å². The van der Waals surface area contributed by atoms with E-state index in [4.69, 9.17) is 4.74 Å². The van der Waals surface area contributed by atoms with E-state index in [1.165, 1.54) is 22.2 Å². The van der Waals surface area contributed by atoms with Gasteiger partial charge in [0.1, 0.15) is 16.2 Å². The highest BCUT2D eigenvalue weighted by atomic mass is 32.2. The standard InChI is InChI=1S/C22H24N2O2S2/c1-13(2)26-22(25)16-6-4-5-15(10-16)11-27-20-19-17-8-7-14(3)9-18(17)28-21(19)24-12-23-20/h4-6,10,12-14H,7-9,11H2,1-3H3. The summed E-state index contributed by atoms with van der Waals surface area (Å²) in [5, 5.41) is 2.29. The molecule has 1 atom stereocenters. The Labute approximate surface area is 173 Å². The zero-order chi connectivity index (χ0) is 19.7. The first-order chi connectivity index (χ1) is 13.5. The molecule has 0 spiro atoms. The summed E-state index contributed by atoms with van der Waals surface area (Å²) >= 11 is 3.54. The molecule has 1 unspecified atom stereocenters. The quantitative estimate of drug-likeness (QED) is 0.307. The van der Waals surface area contributed by atoms with Gasteiger partial charge in [-0.25, -0.2) is 14.8 Å². The molecular weight excluding hydrogens is 388 g/mol. The van der Waals surface area contributed by atoms with Crippen LogP contribution in [0.3, 0.4) is 0 Å². The van der Waals surface area contributed by atoms with Crippen molar-refractivity contribution in [2.24, 2.45) is 5.92 Å². The lowest BCUT2D eigenvalue weighted by atomic mass is 9.89. The van der Waals surface area contributed by atoms with Crippen LogP contribution in [0.2, 0.25) is 0 Å². The Hall–Kier alpha value is -1.92. The lowest BCUT2D eigenvalue weighted by Gasteiger charge is -2.18. The number of carbonyl (C=O) groups excluding carboxylic acids is 1. The van der Waals surface area contributed by atoms with Gasteiger partial charge in [-0.2, -0.15) is 0 Å². The molecular formula is C22H24N2O2S2. The molecule has 146 valence electrons. The van der Waals surface area contributed by atoms with Crippen molar-refractivity contribution in [3.63, 3.8) is 0 Å². The summed E-state index contributed by atoms with van der Waals surface area (Å²) in [4.78, 5) is 23.9. The van der Waals surface area contributed by atoms with Crippen molar-refractivity contribution in [1.82, 2.24) is 9.97 Å². The Morgan fingerprint density at radius 3 is 3.04 bits per heavy atom. The van der Waals surface area contributed by atoms with Crippen LogP contribution in [0.15, 0.2) is 35.6 Å². The highest BCUT2D eigenvalue weighted by molar-refractivity contribution is 7.98. The van der Waals surface area contributed by atoms with Crippen molar-refractivity contribution in [3.8, 4) is 0 Å². The number of ether oxygens (including phenoxy) is 1. The number of benzene rings is 1. The van der Waals surface area contributed by atoms with Crippen molar-refractivity contribution >= 4 is 39.3 Å². The normalized spacial score (nSPS) is 16.4. The predicted molar refractivity (Wildman–Crippen MR) is 115 cm³/mol. The van der Waals surface area contributed by atoms with Gasteiger partial charge in [-0.1, -0.05) is 19.1 Å². The van der Waals surface area contributed by atoms with Gasteiger partial charge >= 0.3 is 5.97 Å². The Morgan fingerprint density at radius 2 is 2.21 bits per heavy atom. The van der Waals surface area contributed by atoms with Gasteiger partial charge in [0.05, 0.1) is 11.7 Å². The number of rotatable bonds is 5. The third-order valence-electron chi connectivity index (χ3n) is 4.94. The Bertz CT molecular complexity index is 1010. The number of esters is 1. The van der Waals surface area contributed by atoms with Gasteiger partial charge < -0.3 is 4.74 Å². The van der Waals surface area contributed by atoms with Crippen LogP contribution in [0, 0.1) is 5.92 Å². The number of hydrogen-bond donors (Lipinski definition) is 0. The average Bonchev–Trinajstić information content (AvgIpc) is 3.04. The van der Waals surface area contributed by atoms with Crippen LogP contribution in [0.25, 0.3) is 10.2 Å². The lowest BCUT2D eigenvalue weighted by Crippen LogP contribution is -2.11. The maximum atomic E-state index is 12.2. The maximum Gasteiger partial charge on any atom is 0.338 e. The molecule has 1 aliphatic carbocycles. The number of aromatic nitrogens is 2. The van der Waals surface area contributed by atoms with E-state index < -0.39 is 0 Å². The van der Waals surface area contributed by atoms with Crippen molar-refractivity contribution < 1.29 is 9.53 Å². The van der Waals surface area contributed by atoms with Gasteiger partial charge in [-0.15, -0.1) is 23.1 Å². The molecule has 0 saturated carbocycles. The van der Waals surface area contributed by atoms with Gasteiger partial charge in [-0.05, 0) is 62.3 Å². The minimum atomic E-state index is -0.271. The first kappa shape index (κ1) is 19.4. The number of thiophene rings is 1. The number of carbonyl (C=O) groups is 1. The molecule has 0 saturated heterocycles. The van der Waals surface area contributed by atoms with Crippen molar-refractivity contribution in [3.05, 3.63) is 52.2 Å². The van der Waals surface area contributed by atoms with Gasteiger partial charge in [0.2, 0.25) is 0 Å². The van der Waals surface area contributed by atoms with Crippen molar-refractivity contribution in [2.75, 3.05) is 0 Å². The Morgan fingerprint density at radius 1 is 1.36 bits per heavy atom. The molecule has 0 amide bonds. The second kappa shape index (κ2) is 8.21. The number of nitrogens with zero attached hydrogens (tertiary/aromatic N) is 2. The van der Waals surface area contributed by atoms with Crippen LogP contribution < -0.4 is 0 Å². The molecule has 0 N–H and O–H groups in total. The zero-order valence-corrected chi connectivity index (χ0v) is 18.0. The van der Waals surface area contributed by atoms with E-state index in [1.807, 2.05) is 43.4 Å². The van der Waals surface area contributed by atoms with E-state index in [0.29, 0.717) is 5.56 Å². The largest absolute Gasteiger partial charge is 0.459 e. The molecule has 1 aliphatic rings.